The molecule has 27 heavy (non-hydrogen) atoms. The number of hydrogen-bond acceptors (Lipinski definition) is 5. The fourth-order valence-corrected chi connectivity index (χ4v) is 4.43. The third-order valence-corrected chi connectivity index (χ3v) is 6.16. The van der Waals surface area contributed by atoms with E-state index in [1.807, 2.05) is 60.4 Å². The third-order valence-electron chi connectivity index (χ3n) is 4.55. The third kappa shape index (κ3) is 4.87. The molecule has 144 valence electrons. The van der Waals surface area contributed by atoms with Gasteiger partial charge in [-0.15, -0.1) is 0 Å². The molecule has 0 radical (unpaired) electrons. The fraction of sp³-hybridized carbons (Fsp3) is 0.350. The molecule has 2 aromatic rings. The van der Waals surface area contributed by atoms with Gasteiger partial charge in [0.1, 0.15) is 11.8 Å². The van der Waals surface area contributed by atoms with E-state index in [9.17, 15) is 13.2 Å². The number of anilines is 1. The molecule has 1 aliphatic rings. The highest BCUT2D eigenvalue weighted by Crippen LogP contribution is 2.28. The Kier molecular flexibility index (Phi) is 6.13. The van der Waals surface area contributed by atoms with Crippen molar-refractivity contribution in [2.24, 2.45) is 0 Å². The summed E-state index contributed by atoms with van der Waals surface area (Å²) in [5, 5.41) is 2.96. The summed E-state index contributed by atoms with van der Waals surface area (Å²) in [6.45, 7) is 3.06. The van der Waals surface area contributed by atoms with Crippen LogP contribution < -0.4 is 10.1 Å². The van der Waals surface area contributed by atoms with Crippen molar-refractivity contribution in [2.45, 2.75) is 13.0 Å². The Morgan fingerprint density at radius 1 is 1.07 bits per heavy atom. The summed E-state index contributed by atoms with van der Waals surface area (Å²) in [5.74, 6) is 0.548. The molecular weight excluding hydrogens is 364 g/mol. The molecule has 2 aromatic carbocycles. The molecule has 7 heteroatoms. The molecule has 0 bridgehead atoms. The van der Waals surface area contributed by atoms with Gasteiger partial charge in [-0.2, -0.15) is 0 Å². The average molecular weight is 388 g/mol. The number of rotatable bonds is 6. The predicted octanol–water partition coefficient (Wildman–Crippen LogP) is 2.50. The minimum Gasteiger partial charge on any atom is -0.492 e. The van der Waals surface area contributed by atoms with E-state index >= 15 is 0 Å². The van der Waals surface area contributed by atoms with E-state index < -0.39 is 15.9 Å². The van der Waals surface area contributed by atoms with Gasteiger partial charge in [-0.1, -0.05) is 42.5 Å². The maximum Gasteiger partial charge on any atom is 0.246 e. The van der Waals surface area contributed by atoms with Gasteiger partial charge in [0.2, 0.25) is 5.91 Å². The second kappa shape index (κ2) is 8.54. The minimum absolute atomic E-state index is 0.0686. The first kappa shape index (κ1) is 19.4. The van der Waals surface area contributed by atoms with Gasteiger partial charge in [0, 0.05) is 13.1 Å². The molecule has 6 nitrogen and oxygen atoms in total. The number of benzene rings is 2. The molecule has 3 rings (SSSR count). The first-order valence-electron chi connectivity index (χ1n) is 9.02. The zero-order valence-corrected chi connectivity index (χ0v) is 16.1. The molecule has 1 fully saturated rings. The Labute approximate surface area is 160 Å². The average Bonchev–Trinajstić information content (AvgIpc) is 2.66. The van der Waals surface area contributed by atoms with Gasteiger partial charge in [-0.3, -0.25) is 9.69 Å². The lowest BCUT2D eigenvalue weighted by Crippen LogP contribution is -2.46. The Morgan fingerprint density at radius 3 is 2.37 bits per heavy atom. The maximum atomic E-state index is 13.2. The first-order chi connectivity index (χ1) is 13.0. The van der Waals surface area contributed by atoms with Crippen LogP contribution in [0.15, 0.2) is 54.6 Å². The number of sulfone groups is 1. The normalized spacial score (nSPS) is 17.8. The first-order valence-corrected chi connectivity index (χ1v) is 10.8. The summed E-state index contributed by atoms with van der Waals surface area (Å²) in [4.78, 5) is 15.1. The highest BCUT2D eigenvalue weighted by Gasteiger charge is 2.32. The van der Waals surface area contributed by atoms with E-state index in [2.05, 4.69) is 5.32 Å². The molecular formula is C20H24N2O4S. The number of nitrogens with one attached hydrogen (secondary N) is 1. The highest BCUT2D eigenvalue weighted by atomic mass is 32.2. The molecule has 0 aliphatic carbocycles. The van der Waals surface area contributed by atoms with Gasteiger partial charge in [0.15, 0.2) is 9.84 Å². The van der Waals surface area contributed by atoms with Gasteiger partial charge in [-0.25, -0.2) is 8.42 Å². The summed E-state index contributed by atoms with van der Waals surface area (Å²) in [7, 11) is -3.02. The minimum atomic E-state index is -3.02. The van der Waals surface area contributed by atoms with Gasteiger partial charge >= 0.3 is 0 Å². The van der Waals surface area contributed by atoms with Gasteiger partial charge < -0.3 is 10.1 Å². The number of nitrogens with zero attached hydrogens (tertiary/aromatic N) is 1. The van der Waals surface area contributed by atoms with Crippen LogP contribution in [0.5, 0.6) is 5.75 Å². The van der Waals surface area contributed by atoms with E-state index in [4.69, 9.17) is 4.74 Å². The number of ether oxygens (including phenoxy) is 1. The van der Waals surface area contributed by atoms with Crippen molar-refractivity contribution in [3.05, 3.63) is 60.2 Å². The van der Waals surface area contributed by atoms with Crippen molar-refractivity contribution in [2.75, 3.05) is 36.5 Å². The Balaban J connectivity index is 1.86. The predicted molar refractivity (Wildman–Crippen MR) is 106 cm³/mol. The van der Waals surface area contributed by atoms with Crippen LogP contribution in [0, 0.1) is 0 Å². The van der Waals surface area contributed by atoms with Crippen molar-refractivity contribution >= 4 is 21.4 Å². The molecule has 0 spiro atoms. The largest absolute Gasteiger partial charge is 0.492 e. The van der Waals surface area contributed by atoms with E-state index in [0.29, 0.717) is 31.1 Å². The van der Waals surface area contributed by atoms with Crippen molar-refractivity contribution in [1.82, 2.24) is 4.90 Å². The van der Waals surface area contributed by atoms with Crippen LogP contribution in [0.3, 0.4) is 0 Å². The van der Waals surface area contributed by atoms with Crippen molar-refractivity contribution in [3.8, 4) is 5.75 Å². The van der Waals surface area contributed by atoms with Crippen LogP contribution >= 0.6 is 0 Å². The van der Waals surface area contributed by atoms with Gasteiger partial charge in [0.25, 0.3) is 0 Å². The molecule has 1 N–H and O–H groups in total. The molecule has 1 amide bonds. The summed E-state index contributed by atoms with van der Waals surface area (Å²) >= 11 is 0. The van der Waals surface area contributed by atoms with Crippen LogP contribution in [0.4, 0.5) is 5.69 Å². The number of carbonyl (C=O) groups excluding carboxylic acids is 1. The van der Waals surface area contributed by atoms with Crippen LogP contribution in [0.1, 0.15) is 18.5 Å². The highest BCUT2D eigenvalue weighted by molar-refractivity contribution is 7.91. The molecule has 1 atom stereocenters. The zero-order valence-electron chi connectivity index (χ0n) is 15.3. The Hall–Kier alpha value is -2.38. The molecule has 1 heterocycles. The molecule has 1 aliphatic heterocycles. The second-order valence-electron chi connectivity index (χ2n) is 6.42. The summed E-state index contributed by atoms with van der Waals surface area (Å²) in [6, 6.07) is 16.2. The summed E-state index contributed by atoms with van der Waals surface area (Å²) < 4.78 is 29.2. The second-order valence-corrected chi connectivity index (χ2v) is 8.72. The SMILES string of the molecule is CCOc1ccccc1NC(=O)C(c1ccccc1)N1CCS(=O)(=O)CC1. The standard InChI is InChI=1S/C20H24N2O4S/c1-2-26-18-11-7-6-10-17(18)21-20(23)19(16-8-4-3-5-9-16)22-12-14-27(24,25)15-13-22/h3-11,19H,2,12-15H2,1H3,(H,21,23). The van der Waals surface area contributed by atoms with E-state index in [1.54, 1.807) is 6.07 Å². The molecule has 1 unspecified atom stereocenters. The van der Waals surface area contributed by atoms with Crippen LogP contribution in [0.2, 0.25) is 0 Å². The van der Waals surface area contributed by atoms with E-state index in [-0.39, 0.29) is 17.4 Å². The summed E-state index contributed by atoms with van der Waals surface area (Å²) in [5.41, 5.74) is 1.44. The zero-order chi connectivity index (χ0) is 19.3. The van der Waals surface area contributed by atoms with E-state index in [0.717, 1.165) is 5.56 Å². The number of para-hydroxylation sites is 2. The molecule has 0 saturated carbocycles. The van der Waals surface area contributed by atoms with Gasteiger partial charge in [-0.05, 0) is 24.6 Å². The van der Waals surface area contributed by atoms with Crippen LogP contribution in [-0.2, 0) is 14.6 Å². The quantitative estimate of drug-likeness (QED) is 0.823. The lowest BCUT2D eigenvalue weighted by molar-refractivity contribution is -0.121. The van der Waals surface area contributed by atoms with E-state index in [1.165, 1.54) is 0 Å². The van der Waals surface area contributed by atoms with Crippen molar-refractivity contribution < 1.29 is 17.9 Å². The van der Waals surface area contributed by atoms with Crippen LogP contribution in [-0.4, -0.2) is 50.4 Å². The van der Waals surface area contributed by atoms with Crippen LogP contribution in [0.25, 0.3) is 0 Å². The Bertz CT molecular complexity index is 870. The lowest BCUT2D eigenvalue weighted by atomic mass is 10.0. The van der Waals surface area contributed by atoms with Gasteiger partial charge in [0.05, 0.1) is 23.8 Å². The smallest absolute Gasteiger partial charge is 0.246 e. The number of amides is 1. The monoisotopic (exact) mass is 388 g/mol. The maximum absolute atomic E-state index is 13.2. The lowest BCUT2D eigenvalue weighted by Gasteiger charge is -2.33. The Morgan fingerprint density at radius 2 is 1.70 bits per heavy atom. The number of carbonyl (C=O) groups is 1. The molecule has 0 aromatic heterocycles. The number of hydrogen-bond donors (Lipinski definition) is 1. The fourth-order valence-electron chi connectivity index (χ4n) is 3.20. The van der Waals surface area contributed by atoms with Crippen molar-refractivity contribution in [1.29, 1.82) is 0 Å². The topological polar surface area (TPSA) is 75.7 Å². The molecule has 1 saturated heterocycles. The van der Waals surface area contributed by atoms with Crippen molar-refractivity contribution in [3.63, 3.8) is 0 Å². The summed E-state index contributed by atoms with van der Waals surface area (Å²) in [6.07, 6.45) is 0.